The van der Waals surface area contributed by atoms with Crippen LogP contribution in [0.3, 0.4) is 0 Å². The lowest BCUT2D eigenvalue weighted by atomic mass is 10.3. The van der Waals surface area contributed by atoms with E-state index in [0.29, 0.717) is 10.2 Å². The fourth-order valence-corrected chi connectivity index (χ4v) is 2.80. The molecule has 2 aromatic rings. The van der Waals surface area contributed by atoms with Gasteiger partial charge in [0.15, 0.2) is 5.75 Å². The highest BCUT2D eigenvalue weighted by Crippen LogP contribution is 2.35. The first-order valence-corrected chi connectivity index (χ1v) is 9.52. The van der Waals surface area contributed by atoms with Crippen molar-refractivity contribution < 1.29 is 14.4 Å². The van der Waals surface area contributed by atoms with Gasteiger partial charge in [-0.1, -0.05) is 12.1 Å². The number of hydrogen-bond donors (Lipinski definition) is 1. The van der Waals surface area contributed by atoms with E-state index in [2.05, 4.69) is 31.9 Å². The van der Waals surface area contributed by atoms with Gasteiger partial charge in [0.1, 0.15) is 0 Å². The van der Waals surface area contributed by atoms with E-state index in [-0.39, 0.29) is 23.6 Å². The van der Waals surface area contributed by atoms with Crippen molar-refractivity contribution in [3.05, 3.63) is 55.5 Å². The molecule has 0 saturated heterocycles. The van der Waals surface area contributed by atoms with Crippen LogP contribution < -0.4 is 15.2 Å². The number of rotatable bonds is 5. The summed E-state index contributed by atoms with van der Waals surface area (Å²) in [5.74, 6) is 1.01. The summed E-state index contributed by atoms with van der Waals surface area (Å²) in [5, 5.41) is 10.7. The van der Waals surface area contributed by atoms with Gasteiger partial charge in [-0.3, -0.25) is 10.1 Å². The number of halogens is 2. The molecule has 0 aliphatic rings. The Labute approximate surface area is 170 Å². The van der Waals surface area contributed by atoms with Crippen LogP contribution in [0.15, 0.2) is 45.3 Å². The third-order valence-corrected chi connectivity index (χ3v) is 4.10. The summed E-state index contributed by atoms with van der Waals surface area (Å²) in [6.07, 6.45) is 0.0541. The molecule has 2 rings (SSSR count). The Morgan fingerprint density at radius 3 is 1.85 bits per heavy atom. The predicted octanol–water partition coefficient (Wildman–Crippen LogP) is 5.96. The number of nitrogen functional groups attached to an aromatic ring is 1. The molecule has 0 heterocycles. The van der Waals surface area contributed by atoms with Gasteiger partial charge in [-0.15, -0.1) is 0 Å². The summed E-state index contributed by atoms with van der Waals surface area (Å²) < 4.78 is 12.3. The molecule has 0 atom stereocenters. The molecule has 2 aromatic carbocycles. The van der Waals surface area contributed by atoms with Gasteiger partial charge in [-0.2, -0.15) is 0 Å². The first kappa shape index (κ1) is 22.2. The third-order valence-electron chi connectivity index (χ3n) is 2.85. The summed E-state index contributed by atoms with van der Waals surface area (Å²) >= 11 is 6.59. The minimum absolute atomic E-state index is 0.0203. The Kier molecular flexibility index (Phi) is 8.87. The largest absolute Gasteiger partial charge is 0.488 e. The molecular formula is C18H22Br2N2O4. The number of nitrogens with two attached hydrogens (primary N) is 1. The molecule has 8 heteroatoms. The van der Waals surface area contributed by atoms with E-state index in [1.54, 1.807) is 12.1 Å². The van der Waals surface area contributed by atoms with E-state index in [1.807, 2.05) is 45.9 Å². The molecular weight excluding hydrogens is 468 g/mol. The first-order valence-electron chi connectivity index (χ1n) is 7.93. The lowest BCUT2D eigenvalue weighted by molar-refractivity contribution is -0.386. The van der Waals surface area contributed by atoms with Crippen molar-refractivity contribution in [2.24, 2.45) is 0 Å². The number of para-hydroxylation sites is 2. The maximum atomic E-state index is 10.7. The van der Waals surface area contributed by atoms with Crippen LogP contribution in [0.2, 0.25) is 0 Å². The van der Waals surface area contributed by atoms with E-state index in [0.717, 1.165) is 10.2 Å². The van der Waals surface area contributed by atoms with Crippen LogP contribution >= 0.6 is 31.9 Å². The molecule has 0 aromatic heterocycles. The van der Waals surface area contributed by atoms with Crippen molar-refractivity contribution in [2.75, 3.05) is 5.73 Å². The molecule has 0 fully saturated rings. The van der Waals surface area contributed by atoms with Gasteiger partial charge in [0, 0.05) is 6.07 Å². The van der Waals surface area contributed by atoms with Crippen molar-refractivity contribution in [1.82, 2.24) is 0 Å². The minimum Gasteiger partial charge on any atom is -0.488 e. The highest BCUT2D eigenvalue weighted by Gasteiger charge is 2.18. The lowest BCUT2D eigenvalue weighted by Gasteiger charge is -2.13. The smallest absolute Gasteiger partial charge is 0.312 e. The second-order valence-electron chi connectivity index (χ2n) is 5.84. The van der Waals surface area contributed by atoms with E-state index < -0.39 is 4.92 Å². The fourth-order valence-electron chi connectivity index (χ4n) is 1.88. The monoisotopic (exact) mass is 488 g/mol. The van der Waals surface area contributed by atoms with Crippen molar-refractivity contribution in [3.63, 3.8) is 0 Å². The molecule has 2 N–H and O–H groups in total. The van der Waals surface area contributed by atoms with E-state index in [9.17, 15) is 10.1 Å². The summed E-state index contributed by atoms with van der Waals surface area (Å²) in [6, 6.07) is 10.4. The topological polar surface area (TPSA) is 87.6 Å². The summed E-state index contributed by atoms with van der Waals surface area (Å²) in [5.41, 5.74) is 6.36. The highest BCUT2D eigenvalue weighted by molar-refractivity contribution is 9.10. The molecule has 0 unspecified atom stereocenters. The van der Waals surface area contributed by atoms with Crippen molar-refractivity contribution >= 4 is 43.2 Å². The van der Waals surface area contributed by atoms with Gasteiger partial charge in [0.05, 0.1) is 31.8 Å². The van der Waals surface area contributed by atoms with Crippen LogP contribution in [0.1, 0.15) is 27.7 Å². The second-order valence-corrected chi connectivity index (χ2v) is 7.55. The van der Waals surface area contributed by atoms with Crippen LogP contribution in [-0.4, -0.2) is 17.1 Å². The average Bonchev–Trinajstić information content (AvgIpc) is 2.53. The molecule has 6 nitrogen and oxygen atoms in total. The lowest BCUT2D eigenvalue weighted by Crippen LogP contribution is -2.07. The zero-order chi connectivity index (χ0) is 19.9. The average molecular weight is 490 g/mol. The molecule has 0 spiro atoms. The van der Waals surface area contributed by atoms with Crippen LogP contribution in [-0.2, 0) is 0 Å². The minimum atomic E-state index is -0.456. The standard InChI is InChI=1S/C9H10BrNO3.C9H12BrNO/c1-6(2)14-9-7(10)4-3-5-8(9)11(12)13;1-6(2)12-9-7(10)4-3-5-8(9)11/h3-6H,1-2H3;3-6H,11H2,1-2H3. The number of ether oxygens (including phenoxy) is 2. The van der Waals surface area contributed by atoms with Crippen molar-refractivity contribution in [3.8, 4) is 11.5 Å². The Bertz CT molecular complexity index is 732. The Morgan fingerprint density at radius 2 is 1.38 bits per heavy atom. The summed E-state index contributed by atoms with van der Waals surface area (Å²) in [7, 11) is 0. The van der Waals surface area contributed by atoms with Crippen molar-refractivity contribution in [2.45, 2.75) is 39.9 Å². The molecule has 0 aliphatic heterocycles. The fraction of sp³-hybridized carbons (Fsp3) is 0.333. The number of nitro groups is 1. The molecule has 0 amide bonds. The molecule has 142 valence electrons. The normalized spacial score (nSPS) is 10.3. The Balaban J connectivity index is 0.000000263. The molecule has 0 aliphatic carbocycles. The van der Waals surface area contributed by atoms with E-state index >= 15 is 0 Å². The van der Waals surface area contributed by atoms with Gasteiger partial charge in [-0.25, -0.2) is 0 Å². The van der Waals surface area contributed by atoms with Gasteiger partial charge in [0.25, 0.3) is 0 Å². The zero-order valence-electron chi connectivity index (χ0n) is 15.0. The van der Waals surface area contributed by atoms with Gasteiger partial charge >= 0.3 is 5.69 Å². The molecule has 0 saturated carbocycles. The highest BCUT2D eigenvalue weighted by atomic mass is 79.9. The molecule has 26 heavy (non-hydrogen) atoms. The van der Waals surface area contributed by atoms with Gasteiger partial charge in [0.2, 0.25) is 5.75 Å². The molecule has 0 radical (unpaired) electrons. The quantitative estimate of drug-likeness (QED) is 0.318. The number of anilines is 1. The van der Waals surface area contributed by atoms with Crippen molar-refractivity contribution in [1.29, 1.82) is 0 Å². The summed E-state index contributed by atoms with van der Waals surface area (Å²) in [4.78, 5) is 10.2. The van der Waals surface area contributed by atoms with Gasteiger partial charge in [-0.05, 0) is 77.8 Å². The van der Waals surface area contributed by atoms with Gasteiger partial charge < -0.3 is 15.2 Å². The predicted molar refractivity (Wildman–Crippen MR) is 111 cm³/mol. The van der Waals surface area contributed by atoms with Crippen LogP contribution in [0, 0.1) is 10.1 Å². The maximum Gasteiger partial charge on any atom is 0.312 e. The summed E-state index contributed by atoms with van der Waals surface area (Å²) in [6.45, 7) is 7.59. The number of benzene rings is 2. The van der Waals surface area contributed by atoms with Crippen LogP contribution in [0.4, 0.5) is 11.4 Å². The second kappa shape index (κ2) is 10.4. The Hall–Kier alpha value is -1.80. The van der Waals surface area contributed by atoms with Crippen LogP contribution in [0.5, 0.6) is 11.5 Å². The number of nitro benzene ring substituents is 1. The Morgan fingerprint density at radius 1 is 0.923 bits per heavy atom. The molecule has 0 bridgehead atoms. The SMILES string of the molecule is CC(C)Oc1c(Br)cccc1[N+](=O)[O-].CC(C)Oc1c(N)cccc1Br. The van der Waals surface area contributed by atoms with Crippen LogP contribution in [0.25, 0.3) is 0 Å². The van der Waals surface area contributed by atoms with E-state index in [4.69, 9.17) is 15.2 Å². The number of hydrogen-bond acceptors (Lipinski definition) is 5. The maximum absolute atomic E-state index is 10.7. The number of nitrogens with zero attached hydrogens (tertiary/aromatic N) is 1. The zero-order valence-corrected chi connectivity index (χ0v) is 18.2. The van der Waals surface area contributed by atoms with E-state index in [1.165, 1.54) is 6.07 Å². The third kappa shape index (κ3) is 6.84. The first-order chi connectivity index (χ1) is 12.1.